The van der Waals surface area contributed by atoms with Gasteiger partial charge in [0, 0.05) is 17.0 Å². The largest absolute Gasteiger partial charge is 0.496 e. The molecule has 1 amide bonds. The van der Waals surface area contributed by atoms with E-state index in [0.29, 0.717) is 11.8 Å². The Morgan fingerprint density at radius 1 is 1.33 bits per heavy atom. The van der Waals surface area contributed by atoms with Crippen LogP contribution in [-0.4, -0.2) is 35.8 Å². The van der Waals surface area contributed by atoms with Crippen molar-refractivity contribution in [2.45, 2.75) is 57.9 Å². The average molecular weight is 370 g/mol. The number of ether oxygens (including phenoxy) is 2. The maximum Gasteiger partial charge on any atom is 0.248 e. The Hall–Kier alpha value is -2.07. The molecular weight excluding hydrogens is 338 g/mol. The Morgan fingerprint density at radius 3 is 2.78 bits per heavy atom. The number of rotatable bonds is 4. The number of carbonyl (C=O) groups is 1. The number of carbonyl (C=O) groups excluding carboxylic acids is 1. The first-order valence-corrected chi connectivity index (χ1v) is 9.81. The minimum absolute atomic E-state index is 0.0910. The number of benzene rings is 1. The van der Waals surface area contributed by atoms with Gasteiger partial charge in [-0.25, -0.2) is 0 Å². The van der Waals surface area contributed by atoms with Crippen molar-refractivity contribution in [2.24, 2.45) is 11.8 Å². The van der Waals surface area contributed by atoms with Crippen molar-refractivity contribution in [2.75, 3.05) is 7.11 Å². The van der Waals surface area contributed by atoms with E-state index >= 15 is 0 Å². The number of para-hydroxylation sites is 1. The van der Waals surface area contributed by atoms with E-state index in [4.69, 9.17) is 9.47 Å². The zero-order chi connectivity index (χ0) is 19.6. The van der Waals surface area contributed by atoms with Crippen LogP contribution in [-0.2, 0) is 9.53 Å². The van der Waals surface area contributed by atoms with E-state index in [1.807, 2.05) is 41.3 Å². The van der Waals surface area contributed by atoms with Gasteiger partial charge >= 0.3 is 0 Å². The first-order valence-electron chi connectivity index (χ1n) is 9.81. The van der Waals surface area contributed by atoms with Gasteiger partial charge in [-0.2, -0.15) is 0 Å². The molecule has 4 unspecified atom stereocenters. The first-order chi connectivity index (χ1) is 12.9. The van der Waals surface area contributed by atoms with Crippen molar-refractivity contribution < 1.29 is 14.3 Å². The van der Waals surface area contributed by atoms with E-state index in [-0.39, 0.29) is 17.6 Å². The highest BCUT2D eigenvalue weighted by atomic mass is 16.5. The molecule has 2 fully saturated rings. The minimum Gasteiger partial charge on any atom is -0.496 e. The molecule has 3 rings (SSSR count). The summed E-state index contributed by atoms with van der Waals surface area (Å²) >= 11 is 0. The third-order valence-corrected chi connectivity index (χ3v) is 6.14. The van der Waals surface area contributed by atoms with Crippen LogP contribution in [0.25, 0.3) is 6.08 Å². The number of nitrogens with zero attached hydrogens (tertiary/aromatic N) is 1. The molecule has 1 aliphatic carbocycles. The second-order valence-corrected chi connectivity index (χ2v) is 8.26. The summed E-state index contributed by atoms with van der Waals surface area (Å²) in [5, 5.41) is 0. The van der Waals surface area contributed by atoms with Gasteiger partial charge in [-0.05, 0) is 50.8 Å². The lowest BCUT2D eigenvalue weighted by Crippen LogP contribution is -2.65. The van der Waals surface area contributed by atoms with Crippen LogP contribution in [0.5, 0.6) is 5.75 Å². The standard InChI is InChI=1S/C23H31NO3/c1-6-21(25)24-22(14-12-17-9-7-8-10-19(17)26-5)27-20-15-16(2)11-13-18(20)23(24,3)4/h6-10,12,14,16,18,20,22H,1,11,13,15H2,2-5H3/b14-12+. The van der Waals surface area contributed by atoms with Gasteiger partial charge in [-0.1, -0.05) is 44.2 Å². The third-order valence-electron chi connectivity index (χ3n) is 6.14. The van der Waals surface area contributed by atoms with Crippen LogP contribution >= 0.6 is 0 Å². The van der Waals surface area contributed by atoms with Gasteiger partial charge in [0.05, 0.1) is 13.2 Å². The number of fused-ring (bicyclic) bond motifs is 1. The topological polar surface area (TPSA) is 38.8 Å². The Balaban J connectivity index is 1.94. The Bertz CT molecular complexity index is 724. The second-order valence-electron chi connectivity index (χ2n) is 8.26. The highest BCUT2D eigenvalue weighted by Gasteiger charge is 2.51. The molecule has 1 heterocycles. The van der Waals surface area contributed by atoms with Crippen molar-refractivity contribution in [1.82, 2.24) is 4.90 Å². The monoisotopic (exact) mass is 369 g/mol. The normalized spacial score (nSPS) is 30.0. The summed E-state index contributed by atoms with van der Waals surface area (Å²) in [4.78, 5) is 14.6. The summed E-state index contributed by atoms with van der Waals surface area (Å²) in [6, 6.07) is 7.84. The SMILES string of the molecule is C=CC(=O)N1C(/C=C/c2ccccc2OC)OC2CC(C)CCC2C1(C)C. The van der Waals surface area contributed by atoms with Crippen LogP contribution in [0.1, 0.15) is 45.6 Å². The smallest absolute Gasteiger partial charge is 0.248 e. The fraction of sp³-hybridized carbons (Fsp3) is 0.522. The van der Waals surface area contributed by atoms with E-state index in [0.717, 1.165) is 24.2 Å². The predicted octanol–water partition coefficient (Wildman–Crippen LogP) is 4.66. The molecule has 0 radical (unpaired) electrons. The van der Waals surface area contributed by atoms with Crippen LogP contribution in [0.2, 0.25) is 0 Å². The minimum atomic E-state index is -0.415. The number of amides is 1. The van der Waals surface area contributed by atoms with E-state index < -0.39 is 6.23 Å². The predicted molar refractivity (Wildman–Crippen MR) is 108 cm³/mol. The summed E-state index contributed by atoms with van der Waals surface area (Å²) in [6.45, 7) is 10.3. The number of methoxy groups -OCH3 is 1. The van der Waals surface area contributed by atoms with Gasteiger partial charge in [-0.15, -0.1) is 0 Å². The molecule has 0 aromatic heterocycles. The Labute approximate surface area is 162 Å². The van der Waals surface area contributed by atoms with Crippen LogP contribution in [0.15, 0.2) is 43.0 Å². The number of hydrogen-bond donors (Lipinski definition) is 0. The Kier molecular flexibility index (Phi) is 5.75. The molecule has 4 heteroatoms. The molecule has 1 saturated heterocycles. The highest BCUT2D eigenvalue weighted by molar-refractivity contribution is 5.88. The molecule has 1 aromatic rings. The molecule has 146 valence electrons. The van der Waals surface area contributed by atoms with Crippen molar-refractivity contribution in [3.05, 3.63) is 48.6 Å². The maximum absolute atomic E-state index is 12.7. The molecular formula is C23H31NO3. The lowest BCUT2D eigenvalue weighted by molar-refractivity contribution is -0.213. The van der Waals surface area contributed by atoms with Gasteiger partial charge < -0.3 is 14.4 Å². The van der Waals surface area contributed by atoms with Crippen LogP contribution in [0.4, 0.5) is 0 Å². The molecule has 1 aromatic carbocycles. The fourth-order valence-corrected chi connectivity index (χ4v) is 4.66. The molecule has 1 aliphatic heterocycles. The zero-order valence-electron chi connectivity index (χ0n) is 16.9. The molecule has 0 N–H and O–H groups in total. The molecule has 0 spiro atoms. The lowest BCUT2D eigenvalue weighted by atomic mass is 9.69. The van der Waals surface area contributed by atoms with E-state index in [1.165, 1.54) is 12.5 Å². The van der Waals surface area contributed by atoms with Crippen molar-refractivity contribution in [1.29, 1.82) is 0 Å². The van der Waals surface area contributed by atoms with Gasteiger partial charge in [0.15, 0.2) is 6.23 Å². The average Bonchev–Trinajstić information content (AvgIpc) is 2.65. The number of hydrogen-bond acceptors (Lipinski definition) is 3. The van der Waals surface area contributed by atoms with Gasteiger partial charge in [0.2, 0.25) is 5.91 Å². The summed E-state index contributed by atoms with van der Waals surface area (Å²) in [7, 11) is 1.66. The van der Waals surface area contributed by atoms with Gasteiger partial charge in [-0.3, -0.25) is 4.79 Å². The quantitative estimate of drug-likeness (QED) is 0.725. The summed E-state index contributed by atoms with van der Waals surface area (Å²) in [5.74, 6) is 1.71. The molecule has 27 heavy (non-hydrogen) atoms. The first kappa shape index (κ1) is 19.7. The molecule has 4 atom stereocenters. The molecule has 4 nitrogen and oxygen atoms in total. The van der Waals surface area contributed by atoms with Crippen molar-refractivity contribution in [3.63, 3.8) is 0 Å². The van der Waals surface area contributed by atoms with Crippen molar-refractivity contribution in [3.8, 4) is 5.75 Å². The fourth-order valence-electron chi connectivity index (χ4n) is 4.66. The van der Waals surface area contributed by atoms with E-state index in [9.17, 15) is 4.79 Å². The summed E-state index contributed by atoms with van der Waals surface area (Å²) in [6.07, 6.45) is 8.41. The lowest BCUT2D eigenvalue weighted by Gasteiger charge is -2.56. The maximum atomic E-state index is 12.7. The van der Waals surface area contributed by atoms with Crippen LogP contribution in [0, 0.1) is 11.8 Å². The van der Waals surface area contributed by atoms with Crippen LogP contribution < -0.4 is 4.74 Å². The summed E-state index contributed by atoms with van der Waals surface area (Å²) in [5.41, 5.74) is 0.677. The highest BCUT2D eigenvalue weighted by Crippen LogP contribution is 2.45. The third kappa shape index (κ3) is 3.81. The Morgan fingerprint density at radius 2 is 2.07 bits per heavy atom. The van der Waals surface area contributed by atoms with Crippen molar-refractivity contribution >= 4 is 12.0 Å². The molecule has 2 aliphatic rings. The van der Waals surface area contributed by atoms with Crippen LogP contribution in [0.3, 0.4) is 0 Å². The zero-order valence-corrected chi connectivity index (χ0v) is 16.9. The second kappa shape index (κ2) is 7.89. The van der Waals surface area contributed by atoms with Gasteiger partial charge in [0.25, 0.3) is 0 Å². The molecule has 1 saturated carbocycles. The summed E-state index contributed by atoms with van der Waals surface area (Å²) < 4.78 is 11.9. The van der Waals surface area contributed by atoms with E-state index in [1.54, 1.807) is 7.11 Å². The van der Waals surface area contributed by atoms with E-state index in [2.05, 4.69) is 27.4 Å². The van der Waals surface area contributed by atoms with Gasteiger partial charge in [0.1, 0.15) is 5.75 Å². The molecule has 0 bridgehead atoms.